The Labute approximate surface area is 148 Å². The Morgan fingerprint density at radius 3 is 3.08 bits per heavy atom. The van der Waals surface area contributed by atoms with Gasteiger partial charge in [0.05, 0.1) is 23.9 Å². The number of carbonyl (C=O) groups excluding carboxylic acids is 1. The number of amides is 1. The molecule has 0 saturated carbocycles. The van der Waals surface area contributed by atoms with Gasteiger partial charge in [-0.05, 0) is 36.4 Å². The minimum Gasteiger partial charge on any atom is -0.497 e. The molecule has 1 atom stereocenters. The Hall–Kier alpha value is -2.93. The van der Waals surface area contributed by atoms with Crippen molar-refractivity contribution < 1.29 is 9.53 Å². The first-order valence-corrected chi connectivity index (χ1v) is 8.62. The van der Waals surface area contributed by atoms with E-state index in [4.69, 9.17) is 4.74 Å². The molecule has 0 spiro atoms. The molecule has 0 bridgehead atoms. The lowest BCUT2D eigenvalue weighted by atomic mass is 10.1. The molecule has 0 unspecified atom stereocenters. The molecule has 1 aromatic carbocycles. The summed E-state index contributed by atoms with van der Waals surface area (Å²) in [5, 5.41) is 7.17. The topological polar surface area (TPSA) is 79.0 Å². The van der Waals surface area contributed by atoms with Crippen molar-refractivity contribution >= 4 is 40.3 Å². The summed E-state index contributed by atoms with van der Waals surface area (Å²) in [4.78, 5) is 20.2. The van der Waals surface area contributed by atoms with Gasteiger partial charge in [0.2, 0.25) is 0 Å². The van der Waals surface area contributed by atoms with Crippen LogP contribution in [0, 0.1) is 0 Å². The summed E-state index contributed by atoms with van der Waals surface area (Å²) in [5.41, 5.74) is 2.59. The van der Waals surface area contributed by atoms with E-state index in [1.165, 1.54) is 11.8 Å². The molecule has 1 aliphatic rings. The van der Waals surface area contributed by atoms with Crippen LogP contribution in [0.5, 0.6) is 5.75 Å². The highest BCUT2D eigenvalue weighted by atomic mass is 32.2. The molecule has 1 aliphatic heterocycles. The predicted octanol–water partition coefficient (Wildman–Crippen LogP) is 3.17. The molecule has 1 amide bonds. The van der Waals surface area contributed by atoms with Crippen molar-refractivity contribution in [3.05, 3.63) is 59.4 Å². The van der Waals surface area contributed by atoms with Gasteiger partial charge in [-0.2, -0.15) is 0 Å². The number of nitrogens with zero attached hydrogens (tertiary/aromatic N) is 1. The van der Waals surface area contributed by atoms with Gasteiger partial charge in [0.15, 0.2) is 5.50 Å². The lowest BCUT2D eigenvalue weighted by molar-refractivity contribution is -0.116. The number of aromatic amines is 1. The van der Waals surface area contributed by atoms with Crippen molar-refractivity contribution in [3.8, 4) is 5.75 Å². The summed E-state index contributed by atoms with van der Waals surface area (Å²) in [6, 6.07) is 9.58. The standard InChI is InChI=1S/C18H16N4O2S/c1-24-13-4-5-15-14(8-13)11(9-20-15)7-16-17(23)22-18(25-16)21-12-3-2-6-19-10-12/h2-10,18,20-21H,1H3,(H,22,23)/b16-7-/t18-/m0/s1. The van der Waals surface area contributed by atoms with Gasteiger partial charge in [-0.25, -0.2) is 0 Å². The van der Waals surface area contributed by atoms with Crippen molar-refractivity contribution in [1.82, 2.24) is 15.3 Å². The second-order valence-corrected chi connectivity index (χ2v) is 6.67. The Balaban J connectivity index is 1.58. The molecule has 1 fully saturated rings. The zero-order valence-electron chi connectivity index (χ0n) is 13.4. The zero-order valence-corrected chi connectivity index (χ0v) is 14.3. The number of thioether (sulfide) groups is 1. The number of H-pyrrole nitrogens is 1. The maximum absolute atomic E-state index is 12.3. The summed E-state index contributed by atoms with van der Waals surface area (Å²) in [7, 11) is 1.64. The van der Waals surface area contributed by atoms with Crippen molar-refractivity contribution in [2.75, 3.05) is 12.4 Å². The summed E-state index contributed by atoms with van der Waals surface area (Å²) in [6.07, 6.45) is 7.22. The highest BCUT2D eigenvalue weighted by Crippen LogP contribution is 2.32. The number of nitrogens with one attached hydrogen (secondary N) is 3. The maximum Gasteiger partial charge on any atom is 0.260 e. The lowest BCUT2D eigenvalue weighted by Gasteiger charge is -2.11. The summed E-state index contributed by atoms with van der Waals surface area (Å²) in [5.74, 6) is 0.690. The van der Waals surface area contributed by atoms with Gasteiger partial charge in [0.1, 0.15) is 5.75 Å². The van der Waals surface area contributed by atoms with E-state index in [0.717, 1.165) is 27.9 Å². The third-order valence-electron chi connectivity index (χ3n) is 3.90. The Morgan fingerprint density at radius 1 is 1.36 bits per heavy atom. The average Bonchev–Trinajstić information content (AvgIpc) is 3.19. The Morgan fingerprint density at radius 2 is 2.28 bits per heavy atom. The molecular weight excluding hydrogens is 336 g/mol. The van der Waals surface area contributed by atoms with Crippen LogP contribution >= 0.6 is 11.8 Å². The van der Waals surface area contributed by atoms with Gasteiger partial charge < -0.3 is 20.4 Å². The largest absolute Gasteiger partial charge is 0.497 e. The van der Waals surface area contributed by atoms with Gasteiger partial charge in [0.25, 0.3) is 5.91 Å². The number of fused-ring (bicyclic) bond motifs is 1. The molecule has 3 aromatic rings. The zero-order chi connectivity index (χ0) is 17.2. The first-order chi connectivity index (χ1) is 12.2. The van der Waals surface area contributed by atoms with E-state index in [1.807, 2.05) is 42.6 Å². The van der Waals surface area contributed by atoms with Crippen LogP contribution < -0.4 is 15.4 Å². The number of hydrogen-bond donors (Lipinski definition) is 3. The van der Waals surface area contributed by atoms with Gasteiger partial charge in [-0.15, -0.1) is 0 Å². The summed E-state index contributed by atoms with van der Waals surface area (Å²) >= 11 is 1.45. The van der Waals surface area contributed by atoms with Crippen molar-refractivity contribution in [1.29, 1.82) is 0 Å². The van der Waals surface area contributed by atoms with Gasteiger partial charge in [0, 0.05) is 28.9 Å². The third-order valence-corrected chi connectivity index (χ3v) is 4.93. The number of aromatic nitrogens is 2. The molecule has 25 heavy (non-hydrogen) atoms. The van der Waals surface area contributed by atoms with E-state index in [0.29, 0.717) is 4.91 Å². The van der Waals surface area contributed by atoms with E-state index < -0.39 is 0 Å². The molecule has 7 heteroatoms. The fourth-order valence-corrected chi connectivity index (χ4v) is 3.65. The Kier molecular flexibility index (Phi) is 4.07. The number of benzene rings is 1. The molecule has 0 aliphatic carbocycles. The molecule has 126 valence electrons. The van der Waals surface area contributed by atoms with Crippen LogP contribution in [0.3, 0.4) is 0 Å². The average molecular weight is 352 g/mol. The van der Waals surface area contributed by atoms with Crippen molar-refractivity contribution in [3.63, 3.8) is 0 Å². The number of anilines is 1. The van der Waals surface area contributed by atoms with E-state index >= 15 is 0 Å². The quantitative estimate of drug-likeness (QED) is 0.629. The molecule has 0 radical (unpaired) electrons. The lowest BCUT2D eigenvalue weighted by Crippen LogP contribution is -2.30. The molecule has 1 saturated heterocycles. The second-order valence-electron chi connectivity index (χ2n) is 5.52. The smallest absolute Gasteiger partial charge is 0.260 e. The predicted molar refractivity (Wildman–Crippen MR) is 100 cm³/mol. The van der Waals surface area contributed by atoms with E-state index in [9.17, 15) is 4.79 Å². The van der Waals surface area contributed by atoms with Crippen LogP contribution in [-0.4, -0.2) is 28.5 Å². The van der Waals surface area contributed by atoms with E-state index in [1.54, 1.807) is 19.5 Å². The molecule has 2 aromatic heterocycles. The fourth-order valence-electron chi connectivity index (χ4n) is 2.67. The summed E-state index contributed by atoms with van der Waals surface area (Å²) < 4.78 is 5.29. The van der Waals surface area contributed by atoms with Crippen LogP contribution in [0.1, 0.15) is 5.56 Å². The number of rotatable bonds is 4. The number of methoxy groups -OCH3 is 1. The monoisotopic (exact) mass is 352 g/mol. The normalized spacial score (nSPS) is 18.5. The van der Waals surface area contributed by atoms with E-state index in [2.05, 4.69) is 20.6 Å². The van der Waals surface area contributed by atoms with E-state index in [-0.39, 0.29) is 11.4 Å². The third kappa shape index (κ3) is 3.18. The van der Waals surface area contributed by atoms with Crippen LogP contribution in [0.25, 0.3) is 17.0 Å². The molecular formula is C18H16N4O2S. The number of carbonyl (C=O) groups is 1. The molecule has 6 nitrogen and oxygen atoms in total. The highest BCUT2D eigenvalue weighted by Gasteiger charge is 2.27. The number of hydrogen-bond acceptors (Lipinski definition) is 5. The first kappa shape index (κ1) is 15.6. The fraction of sp³-hybridized carbons (Fsp3) is 0.111. The first-order valence-electron chi connectivity index (χ1n) is 7.74. The molecule has 4 rings (SSSR count). The highest BCUT2D eigenvalue weighted by molar-refractivity contribution is 8.05. The van der Waals surface area contributed by atoms with Crippen molar-refractivity contribution in [2.24, 2.45) is 0 Å². The van der Waals surface area contributed by atoms with Gasteiger partial charge >= 0.3 is 0 Å². The SMILES string of the molecule is COc1ccc2[nH]cc(/C=C3\S[C@@H](Nc4cccnc4)NC3=O)c2c1. The van der Waals surface area contributed by atoms with Crippen LogP contribution in [0.2, 0.25) is 0 Å². The van der Waals surface area contributed by atoms with Crippen LogP contribution in [0.4, 0.5) is 5.69 Å². The van der Waals surface area contributed by atoms with Gasteiger partial charge in [-0.3, -0.25) is 9.78 Å². The van der Waals surface area contributed by atoms with Crippen LogP contribution in [0.15, 0.2) is 53.8 Å². The van der Waals surface area contributed by atoms with Crippen LogP contribution in [-0.2, 0) is 4.79 Å². The summed E-state index contributed by atoms with van der Waals surface area (Å²) in [6.45, 7) is 0. The minimum atomic E-state index is -0.220. The minimum absolute atomic E-state index is 0.0939. The maximum atomic E-state index is 12.3. The number of ether oxygens (including phenoxy) is 1. The van der Waals surface area contributed by atoms with Gasteiger partial charge in [-0.1, -0.05) is 11.8 Å². The molecule has 3 N–H and O–H groups in total. The molecule has 3 heterocycles. The number of pyridine rings is 1. The second kappa shape index (κ2) is 6.52. The Bertz CT molecular complexity index is 952. The van der Waals surface area contributed by atoms with Crippen molar-refractivity contribution in [2.45, 2.75) is 5.50 Å².